The SMILES string of the molecule is [C-]#[N+]c1ccc(C)c(C)c1F. The fourth-order valence-corrected chi connectivity index (χ4v) is 0.854. The molecule has 0 spiro atoms. The van der Waals surface area contributed by atoms with Crippen LogP contribution >= 0.6 is 0 Å². The molecule has 1 aromatic carbocycles. The van der Waals surface area contributed by atoms with Gasteiger partial charge in [-0.25, -0.2) is 9.24 Å². The first-order valence-electron chi connectivity index (χ1n) is 3.30. The predicted octanol–water partition coefficient (Wildman–Crippen LogP) is 2.99. The van der Waals surface area contributed by atoms with Gasteiger partial charge in [-0.3, -0.25) is 0 Å². The highest BCUT2D eigenvalue weighted by molar-refractivity contribution is 5.50. The summed E-state index contributed by atoms with van der Waals surface area (Å²) in [5.41, 5.74) is 1.56. The number of aryl methyl sites for hydroxylation is 1. The molecule has 0 heterocycles. The normalized spacial score (nSPS) is 9.27. The van der Waals surface area contributed by atoms with E-state index in [-0.39, 0.29) is 11.5 Å². The molecule has 1 nitrogen and oxygen atoms in total. The van der Waals surface area contributed by atoms with Crippen molar-refractivity contribution in [3.8, 4) is 0 Å². The van der Waals surface area contributed by atoms with Crippen LogP contribution in [0.15, 0.2) is 12.1 Å². The highest BCUT2D eigenvalue weighted by Crippen LogP contribution is 2.22. The molecule has 0 atom stereocenters. The first-order valence-corrected chi connectivity index (χ1v) is 3.30. The van der Waals surface area contributed by atoms with Gasteiger partial charge in [0.2, 0.25) is 5.69 Å². The molecule has 0 aromatic heterocycles. The summed E-state index contributed by atoms with van der Waals surface area (Å²) in [6.45, 7) is 10.1. The van der Waals surface area contributed by atoms with Crippen LogP contribution in [0.1, 0.15) is 11.1 Å². The van der Waals surface area contributed by atoms with Crippen LogP contribution in [0, 0.1) is 26.2 Å². The Labute approximate surface area is 65.3 Å². The molecule has 0 N–H and O–H groups in total. The highest BCUT2D eigenvalue weighted by atomic mass is 19.1. The third-order valence-electron chi connectivity index (χ3n) is 1.76. The average molecular weight is 149 g/mol. The summed E-state index contributed by atoms with van der Waals surface area (Å²) in [5.74, 6) is -0.389. The Bertz CT molecular complexity index is 323. The van der Waals surface area contributed by atoms with E-state index in [9.17, 15) is 4.39 Å². The summed E-state index contributed by atoms with van der Waals surface area (Å²) in [7, 11) is 0. The molecule has 0 radical (unpaired) electrons. The van der Waals surface area contributed by atoms with E-state index in [2.05, 4.69) is 4.85 Å². The summed E-state index contributed by atoms with van der Waals surface area (Å²) < 4.78 is 13.0. The first kappa shape index (κ1) is 7.74. The lowest BCUT2D eigenvalue weighted by Gasteiger charge is -2.01. The molecule has 2 heteroatoms. The van der Waals surface area contributed by atoms with E-state index in [1.807, 2.05) is 6.92 Å². The summed E-state index contributed by atoms with van der Waals surface area (Å²) in [5, 5.41) is 0. The molecule has 1 rings (SSSR count). The van der Waals surface area contributed by atoms with Crippen LogP contribution in [0.25, 0.3) is 4.85 Å². The van der Waals surface area contributed by atoms with Crippen LogP contribution < -0.4 is 0 Å². The molecule has 0 saturated carbocycles. The molecule has 0 fully saturated rings. The van der Waals surface area contributed by atoms with Gasteiger partial charge in [0.15, 0.2) is 0 Å². The first-order chi connectivity index (χ1) is 5.16. The molecule has 0 aliphatic heterocycles. The summed E-state index contributed by atoms with van der Waals surface area (Å²) >= 11 is 0. The van der Waals surface area contributed by atoms with Crippen molar-refractivity contribution in [2.45, 2.75) is 13.8 Å². The zero-order chi connectivity index (χ0) is 8.43. The number of rotatable bonds is 0. The van der Waals surface area contributed by atoms with Crippen molar-refractivity contribution >= 4 is 5.69 Å². The number of nitrogens with zero attached hydrogens (tertiary/aromatic N) is 1. The molecule has 0 bridgehead atoms. The van der Waals surface area contributed by atoms with Gasteiger partial charge in [0, 0.05) is 0 Å². The molecule has 11 heavy (non-hydrogen) atoms. The Balaban J connectivity index is 3.40. The second-order valence-corrected chi connectivity index (χ2v) is 2.45. The second kappa shape index (κ2) is 2.71. The van der Waals surface area contributed by atoms with Gasteiger partial charge in [-0.15, -0.1) is 0 Å². The van der Waals surface area contributed by atoms with Crippen LogP contribution in [0.5, 0.6) is 0 Å². The van der Waals surface area contributed by atoms with Gasteiger partial charge >= 0.3 is 0 Å². The van der Waals surface area contributed by atoms with Gasteiger partial charge in [-0.05, 0) is 25.0 Å². The quantitative estimate of drug-likeness (QED) is 0.499. The monoisotopic (exact) mass is 149 g/mol. The van der Waals surface area contributed by atoms with Crippen molar-refractivity contribution in [3.05, 3.63) is 40.5 Å². The zero-order valence-electron chi connectivity index (χ0n) is 6.48. The standard InChI is InChI=1S/C9H8FN/c1-6-4-5-8(11-3)9(10)7(6)2/h4-5H,1-2H3. The molecular formula is C9H8FN. The lowest BCUT2D eigenvalue weighted by molar-refractivity contribution is 0.623. The van der Waals surface area contributed by atoms with Crippen molar-refractivity contribution in [1.82, 2.24) is 0 Å². The van der Waals surface area contributed by atoms with E-state index < -0.39 is 0 Å². The maximum absolute atomic E-state index is 13.0. The van der Waals surface area contributed by atoms with E-state index in [0.29, 0.717) is 5.56 Å². The minimum atomic E-state index is -0.389. The van der Waals surface area contributed by atoms with Gasteiger partial charge in [-0.2, -0.15) is 0 Å². The number of benzene rings is 1. The van der Waals surface area contributed by atoms with E-state index in [0.717, 1.165) is 5.56 Å². The van der Waals surface area contributed by atoms with E-state index in [4.69, 9.17) is 6.57 Å². The second-order valence-electron chi connectivity index (χ2n) is 2.45. The van der Waals surface area contributed by atoms with Crippen LogP contribution in [-0.2, 0) is 0 Å². The molecule has 0 aliphatic rings. The Morgan fingerprint density at radius 2 is 2.00 bits per heavy atom. The van der Waals surface area contributed by atoms with Crippen molar-refractivity contribution in [2.24, 2.45) is 0 Å². The third kappa shape index (κ3) is 1.22. The molecule has 0 amide bonds. The topological polar surface area (TPSA) is 4.36 Å². The predicted molar refractivity (Wildman–Crippen MR) is 42.1 cm³/mol. The number of hydrogen-bond donors (Lipinski definition) is 0. The minimum Gasteiger partial charge on any atom is -0.235 e. The van der Waals surface area contributed by atoms with Crippen LogP contribution in [0.4, 0.5) is 10.1 Å². The highest BCUT2D eigenvalue weighted by Gasteiger charge is 2.05. The third-order valence-corrected chi connectivity index (χ3v) is 1.76. The molecule has 0 saturated heterocycles. The van der Waals surface area contributed by atoms with E-state index >= 15 is 0 Å². The number of halogens is 1. The molecule has 0 unspecified atom stereocenters. The lowest BCUT2D eigenvalue weighted by atomic mass is 10.1. The van der Waals surface area contributed by atoms with Crippen LogP contribution in [0.2, 0.25) is 0 Å². The Kier molecular flexibility index (Phi) is 1.91. The largest absolute Gasteiger partial charge is 0.235 e. The summed E-state index contributed by atoms with van der Waals surface area (Å²) in [4.78, 5) is 3.05. The average Bonchev–Trinajstić information content (AvgIpc) is 2.01. The van der Waals surface area contributed by atoms with Gasteiger partial charge in [-0.1, -0.05) is 12.1 Å². The summed E-state index contributed by atoms with van der Waals surface area (Å²) in [6, 6.07) is 3.26. The van der Waals surface area contributed by atoms with Gasteiger partial charge in [0.1, 0.15) is 5.82 Å². The van der Waals surface area contributed by atoms with E-state index in [1.165, 1.54) is 6.07 Å². The van der Waals surface area contributed by atoms with Gasteiger partial charge < -0.3 is 0 Å². The Morgan fingerprint density at radius 1 is 1.36 bits per heavy atom. The van der Waals surface area contributed by atoms with Gasteiger partial charge in [0.25, 0.3) is 0 Å². The molecule has 56 valence electrons. The fraction of sp³-hybridized carbons (Fsp3) is 0.222. The summed E-state index contributed by atoms with van der Waals surface area (Å²) in [6.07, 6.45) is 0. The Morgan fingerprint density at radius 3 is 2.55 bits per heavy atom. The number of hydrogen-bond acceptors (Lipinski definition) is 0. The van der Waals surface area contributed by atoms with Crippen molar-refractivity contribution < 1.29 is 4.39 Å². The Hall–Kier alpha value is -1.36. The lowest BCUT2D eigenvalue weighted by Crippen LogP contribution is -1.85. The molecular weight excluding hydrogens is 141 g/mol. The van der Waals surface area contributed by atoms with Crippen molar-refractivity contribution in [1.29, 1.82) is 0 Å². The smallest absolute Gasteiger partial charge is 0.222 e. The van der Waals surface area contributed by atoms with Crippen molar-refractivity contribution in [2.75, 3.05) is 0 Å². The maximum Gasteiger partial charge on any atom is 0.222 e. The molecule has 0 aliphatic carbocycles. The van der Waals surface area contributed by atoms with Gasteiger partial charge in [0.05, 0.1) is 6.57 Å². The van der Waals surface area contributed by atoms with Crippen LogP contribution in [-0.4, -0.2) is 0 Å². The maximum atomic E-state index is 13.0. The minimum absolute atomic E-state index is 0.105. The fourth-order valence-electron chi connectivity index (χ4n) is 0.854. The van der Waals surface area contributed by atoms with Crippen LogP contribution in [0.3, 0.4) is 0 Å². The zero-order valence-corrected chi connectivity index (χ0v) is 6.48. The van der Waals surface area contributed by atoms with Crippen molar-refractivity contribution in [3.63, 3.8) is 0 Å². The molecule has 1 aromatic rings. The van der Waals surface area contributed by atoms with E-state index in [1.54, 1.807) is 13.0 Å².